The van der Waals surface area contributed by atoms with Crippen LogP contribution < -0.4 is 10.1 Å². The quantitative estimate of drug-likeness (QED) is 0.399. The van der Waals surface area contributed by atoms with Gasteiger partial charge in [-0.1, -0.05) is 6.92 Å². The number of aryl methyl sites for hydroxylation is 1. The van der Waals surface area contributed by atoms with Crippen LogP contribution in [0.1, 0.15) is 43.2 Å². The third-order valence-electron chi connectivity index (χ3n) is 3.53. The summed E-state index contributed by atoms with van der Waals surface area (Å²) in [6.45, 7) is 9.79. The zero-order valence-electron chi connectivity index (χ0n) is 16.1. The Labute approximate surface area is 150 Å². The van der Waals surface area contributed by atoms with Gasteiger partial charge in [-0.3, -0.25) is 4.79 Å². The lowest BCUT2D eigenvalue weighted by Crippen LogP contribution is -2.24. The molecule has 0 aliphatic heterocycles. The molecule has 1 aromatic rings. The number of hydrogen-bond donors (Lipinski definition) is 1. The molecule has 7 nitrogen and oxygen atoms in total. The Morgan fingerprint density at radius 3 is 2.80 bits per heavy atom. The van der Waals surface area contributed by atoms with Crippen LogP contribution in [0, 0.1) is 6.92 Å². The van der Waals surface area contributed by atoms with E-state index in [0.717, 1.165) is 13.0 Å². The Kier molecular flexibility index (Phi) is 8.91. The summed E-state index contributed by atoms with van der Waals surface area (Å²) in [6, 6.07) is 1.70. The number of carbonyl (C=O) groups is 1. The van der Waals surface area contributed by atoms with Crippen LogP contribution in [0.15, 0.2) is 11.1 Å². The highest BCUT2D eigenvalue weighted by atomic mass is 16.5. The van der Waals surface area contributed by atoms with Crippen molar-refractivity contribution in [3.05, 3.63) is 17.3 Å². The number of hydrogen-bond acceptors (Lipinski definition) is 5. The van der Waals surface area contributed by atoms with Crippen LogP contribution in [0.25, 0.3) is 0 Å². The van der Waals surface area contributed by atoms with Crippen molar-refractivity contribution in [2.24, 2.45) is 4.99 Å². The summed E-state index contributed by atoms with van der Waals surface area (Å²) < 4.78 is 11.3. The van der Waals surface area contributed by atoms with E-state index in [1.54, 1.807) is 19.5 Å². The van der Waals surface area contributed by atoms with E-state index < -0.39 is 0 Å². The van der Waals surface area contributed by atoms with Crippen molar-refractivity contribution in [2.75, 3.05) is 33.9 Å². The monoisotopic (exact) mass is 350 g/mol. The average molecular weight is 350 g/mol. The molecule has 0 bridgehead atoms. The fourth-order valence-corrected chi connectivity index (χ4v) is 1.95. The van der Waals surface area contributed by atoms with Crippen LogP contribution in [0.4, 0.5) is 5.69 Å². The molecule has 7 heteroatoms. The molecule has 1 aromatic heterocycles. The first kappa shape index (κ1) is 20.9. The van der Waals surface area contributed by atoms with Gasteiger partial charge in [0, 0.05) is 27.2 Å². The van der Waals surface area contributed by atoms with Crippen LogP contribution in [0.2, 0.25) is 0 Å². The van der Waals surface area contributed by atoms with Gasteiger partial charge in [0.1, 0.15) is 11.7 Å². The van der Waals surface area contributed by atoms with Crippen molar-refractivity contribution < 1.29 is 14.3 Å². The number of rotatable bonds is 10. The summed E-state index contributed by atoms with van der Waals surface area (Å²) in [5.74, 6) is 0.0386. The molecule has 1 unspecified atom stereocenters. The third-order valence-corrected chi connectivity index (χ3v) is 3.53. The summed E-state index contributed by atoms with van der Waals surface area (Å²) >= 11 is 0. The fourth-order valence-electron chi connectivity index (χ4n) is 1.95. The van der Waals surface area contributed by atoms with Crippen LogP contribution in [-0.2, 0) is 4.74 Å². The van der Waals surface area contributed by atoms with Gasteiger partial charge in [0.15, 0.2) is 0 Å². The van der Waals surface area contributed by atoms with Crippen molar-refractivity contribution >= 4 is 17.9 Å². The second-order valence-corrected chi connectivity index (χ2v) is 5.85. The molecule has 1 heterocycles. The molecule has 0 saturated carbocycles. The first-order chi connectivity index (χ1) is 11.9. The summed E-state index contributed by atoms with van der Waals surface area (Å²) in [4.78, 5) is 23.0. The average Bonchev–Trinajstić information content (AvgIpc) is 2.60. The van der Waals surface area contributed by atoms with Gasteiger partial charge in [-0.15, -0.1) is 0 Å². The molecule has 0 aliphatic rings. The van der Waals surface area contributed by atoms with Crippen LogP contribution in [0.3, 0.4) is 0 Å². The molecule has 1 atom stereocenters. The SMILES string of the molecule is CCCOCC(C)Oc1nc(C)c(N=CN(C)CC)cc1C(=O)NC. The molecule has 1 amide bonds. The maximum Gasteiger partial charge on any atom is 0.256 e. The second kappa shape index (κ2) is 10.7. The molecule has 140 valence electrons. The zero-order chi connectivity index (χ0) is 18.8. The molecule has 0 fully saturated rings. The van der Waals surface area contributed by atoms with Crippen molar-refractivity contribution in [1.29, 1.82) is 0 Å². The van der Waals surface area contributed by atoms with Gasteiger partial charge >= 0.3 is 0 Å². The molecule has 25 heavy (non-hydrogen) atoms. The number of aromatic nitrogens is 1. The van der Waals surface area contributed by atoms with E-state index in [0.29, 0.717) is 36.0 Å². The van der Waals surface area contributed by atoms with Crippen LogP contribution >= 0.6 is 0 Å². The molecule has 0 radical (unpaired) electrons. The minimum atomic E-state index is -0.260. The Morgan fingerprint density at radius 1 is 1.48 bits per heavy atom. The molecular formula is C18H30N4O3. The summed E-state index contributed by atoms with van der Waals surface area (Å²) in [5.41, 5.74) is 1.70. The Morgan fingerprint density at radius 2 is 2.20 bits per heavy atom. The predicted molar refractivity (Wildman–Crippen MR) is 100 cm³/mol. The van der Waals surface area contributed by atoms with Crippen molar-refractivity contribution in [2.45, 2.75) is 40.2 Å². The molecule has 0 spiro atoms. The van der Waals surface area contributed by atoms with E-state index in [4.69, 9.17) is 9.47 Å². The highest BCUT2D eigenvalue weighted by Gasteiger charge is 2.18. The van der Waals surface area contributed by atoms with Crippen molar-refractivity contribution in [3.63, 3.8) is 0 Å². The fraction of sp³-hybridized carbons (Fsp3) is 0.611. The smallest absolute Gasteiger partial charge is 0.256 e. The first-order valence-electron chi connectivity index (χ1n) is 8.65. The number of carbonyl (C=O) groups excluding carboxylic acids is 1. The summed E-state index contributed by atoms with van der Waals surface area (Å²) in [5, 5.41) is 2.62. The number of aliphatic imine (C=N–C) groups is 1. The second-order valence-electron chi connectivity index (χ2n) is 5.85. The summed E-state index contributed by atoms with van der Waals surface area (Å²) in [7, 11) is 3.51. The van der Waals surface area contributed by atoms with Gasteiger partial charge in [-0.05, 0) is 33.3 Å². The highest BCUT2D eigenvalue weighted by molar-refractivity contribution is 5.97. The number of nitrogens with zero attached hydrogens (tertiary/aromatic N) is 3. The normalized spacial score (nSPS) is 12.2. The largest absolute Gasteiger partial charge is 0.472 e. The number of pyridine rings is 1. The van der Waals surface area contributed by atoms with E-state index in [-0.39, 0.29) is 12.0 Å². The van der Waals surface area contributed by atoms with Gasteiger partial charge in [-0.2, -0.15) is 0 Å². The minimum Gasteiger partial charge on any atom is -0.472 e. The van der Waals surface area contributed by atoms with Crippen molar-refractivity contribution in [3.8, 4) is 5.88 Å². The first-order valence-corrected chi connectivity index (χ1v) is 8.65. The Bertz CT molecular complexity index is 590. The summed E-state index contributed by atoms with van der Waals surface area (Å²) in [6.07, 6.45) is 2.47. The van der Waals surface area contributed by atoms with Gasteiger partial charge in [-0.25, -0.2) is 9.98 Å². The molecule has 0 saturated heterocycles. The third kappa shape index (κ3) is 6.70. The number of ether oxygens (including phenoxy) is 2. The highest BCUT2D eigenvalue weighted by Crippen LogP contribution is 2.26. The maximum atomic E-state index is 12.2. The Balaban J connectivity index is 3.05. The van der Waals surface area contributed by atoms with Gasteiger partial charge in [0.2, 0.25) is 5.88 Å². The van der Waals surface area contributed by atoms with Crippen LogP contribution in [-0.4, -0.2) is 62.1 Å². The minimum absolute atomic E-state index is 0.206. The lowest BCUT2D eigenvalue weighted by atomic mass is 10.2. The van der Waals surface area contributed by atoms with E-state index >= 15 is 0 Å². The van der Waals surface area contributed by atoms with E-state index in [2.05, 4.69) is 22.2 Å². The lowest BCUT2D eigenvalue weighted by Gasteiger charge is -2.17. The molecule has 1 N–H and O–H groups in total. The van der Waals surface area contributed by atoms with Gasteiger partial charge < -0.3 is 19.7 Å². The van der Waals surface area contributed by atoms with E-state index in [9.17, 15) is 4.79 Å². The van der Waals surface area contributed by atoms with Crippen LogP contribution in [0.5, 0.6) is 5.88 Å². The van der Waals surface area contributed by atoms with E-state index in [1.807, 2.05) is 32.7 Å². The zero-order valence-corrected chi connectivity index (χ0v) is 16.1. The van der Waals surface area contributed by atoms with Gasteiger partial charge in [0.05, 0.1) is 24.3 Å². The number of amides is 1. The number of nitrogens with one attached hydrogen (secondary N) is 1. The van der Waals surface area contributed by atoms with Gasteiger partial charge in [0.25, 0.3) is 5.91 Å². The van der Waals surface area contributed by atoms with Crippen molar-refractivity contribution in [1.82, 2.24) is 15.2 Å². The molecule has 0 aromatic carbocycles. The molecule has 1 rings (SSSR count). The Hall–Kier alpha value is -2.15. The predicted octanol–water partition coefficient (Wildman–Crippen LogP) is 2.56. The lowest BCUT2D eigenvalue weighted by molar-refractivity contribution is 0.0558. The molecule has 0 aliphatic carbocycles. The standard InChI is InChI=1S/C18H30N4O3/c1-7-9-24-11-13(3)25-18-15(17(23)19-5)10-16(14(4)21-18)20-12-22(6)8-2/h10,12-13H,7-9,11H2,1-6H3,(H,19,23). The maximum absolute atomic E-state index is 12.2. The van der Waals surface area contributed by atoms with E-state index in [1.165, 1.54) is 0 Å². The molecular weight excluding hydrogens is 320 g/mol. The topological polar surface area (TPSA) is 76.1 Å².